The van der Waals surface area contributed by atoms with Gasteiger partial charge in [-0.15, -0.1) is 5.10 Å². The first kappa shape index (κ1) is 20.0. The molecule has 10 heteroatoms. The Kier molecular flexibility index (Phi) is 5.79. The fourth-order valence-corrected chi connectivity index (χ4v) is 2.96. The van der Waals surface area contributed by atoms with Gasteiger partial charge in [0.2, 0.25) is 0 Å². The molecule has 2 N–H and O–H groups in total. The van der Waals surface area contributed by atoms with Gasteiger partial charge >= 0.3 is 5.97 Å². The lowest BCUT2D eigenvalue weighted by atomic mass is 10.1. The van der Waals surface area contributed by atoms with E-state index in [1.165, 1.54) is 6.07 Å². The summed E-state index contributed by atoms with van der Waals surface area (Å²) >= 11 is 0. The molecule has 3 aromatic heterocycles. The van der Waals surface area contributed by atoms with Crippen LogP contribution in [0.1, 0.15) is 26.4 Å². The Bertz CT molecular complexity index is 1180. The van der Waals surface area contributed by atoms with Crippen molar-refractivity contribution in [3.8, 4) is 11.4 Å². The summed E-state index contributed by atoms with van der Waals surface area (Å²) in [6.07, 6.45) is 6.94. The summed E-state index contributed by atoms with van der Waals surface area (Å²) in [7, 11) is 0. The number of benzene rings is 1. The van der Waals surface area contributed by atoms with Crippen LogP contribution in [0.25, 0.3) is 11.4 Å². The summed E-state index contributed by atoms with van der Waals surface area (Å²) in [5.74, 6) is -1.24. The maximum Gasteiger partial charge on any atom is 0.354 e. The van der Waals surface area contributed by atoms with Crippen LogP contribution in [0.15, 0.2) is 67.4 Å². The quantitative estimate of drug-likeness (QED) is 0.447. The van der Waals surface area contributed by atoms with Crippen LogP contribution in [-0.2, 0) is 13.1 Å². The molecule has 0 radical (unpaired) electrons. The Hall–Kier alpha value is -4.34. The highest BCUT2D eigenvalue weighted by atomic mass is 16.4. The summed E-state index contributed by atoms with van der Waals surface area (Å²) in [6.45, 7) is 1.62. The van der Waals surface area contributed by atoms with Crippen molar-refractivity contribution in [3.63, 3.8) is 0 Å². The fourth-order valence-electron chi connectivity index (χ4n) is 2.96. The molecule has 0 aliphatic heterocycles. The van der Waals surface area contributed by atoms with E-state index in [1.54, 1.807) is 47.7 Å². The number of carbonyl (C=O) groups is 2. The number of hydrogen-bond donors (Lipinski definition) is 2. The Balaban J connectivity index is 1.35. The van der Waals surface area contributed by atoms with E-state index >= 15 is 0 Å². The minimum absolute atomic E-state index is 0.0501. The van der Waals surface area contributed by atoms with E-state index in [4.69, 9.17) is 5.11 Å². The van der Waals surface area contributed by atoms with Crippen LogP contribution in [0, 0.1) is 0 Å². The van der Waals surface area contributed by atoms with E-state index in [2.05, 4.69) is 25.6 Å². The molecule has 3 heterocycles. The van der Waals surface area contributed by atoms with E-state index < -0.39 is 5.97 Å². The molecule has 0 aliphatic rings. The highest BCUT2D eigenvalue weighted by Crippen LogP contribution is 2.15. The summed E-state index contributed by atoms with van der Waals surface area (Å²) < 4.78 is 3.52. The van der Waals surface area contributed by atoms with E-state index in [0.29, 0.717) is 36.6 Å². The number of aromatic nitrogens is 6. The standard InChI is InChI=1S/C21H19N7O3/c29-20(23-9-11-27-10-8-22-14-27)16-6-4-15(5-7-16)12-28-13-19(25-26-28)17-2-1-3-18(24-17)21(30)31/h1-8,10,13-14H,9,11-12H2,(H,23,29)(H,30,31). The largest absolute Gasteiger partial charge is 0.477 e. The number of aromatic carboxylic acids is 1. The maximum atomic E-state index is 12.3. The Morgan fingerprint density at radius 2 is 1.90 bits per heavy atom. The third kappa shape index (κ3) is 4.99. The van der Waals surface area contributed by atoms with Crippen LogP contribution in [0.3, 0.4) is 0 Å². The summed E-state index contributed by atoms with van der Waals surface area (Å²) in [6, 6.07) is 12.0. The molecule has 4 rings (SSSR count). The molecule has 0 atom stereocenters. The minimum atomic E-state index is -1.10. The highest BCUT2D eigenvalue weighted by molar-refractivity contribution is 5.94. The number of nitrogens with one attached hydrogen (secondary N) is 1. The number of rotatable bonds is 8. The number of nitrogens with zero attached hydrogens (tertiary/aromatic N) is 6. The van der Waals surface area contributed by atoms with Crippen LogP contribution in [0.5, 0.6) is 0 Å². The lowest BCUT2D eigenvalue weighted by Crippen LogP contribution is -2.26. The number of carboxylic acid groups (broad SMARTS) is 1. The zero-order valence-corrected chi connectivity index (χ0v) is 16.4. The third-order valence-corrected chi connectivity index (χ3v) is 4.54. The molecule has 0 spiro atoms. The number of pyridine rings is 1. The molecule has 0 aliphatic carbocycles. The van der Waals surface area contributed by atoms with Gasteiger partial charge in [-0.1, -0.05) is 23.4 Å². The number of carboxylic acids is 1. The van der Waals surface area contributed by atoms with Crippen LogP contribution in [0.2, 0.25) is 0 Å². The van der Waals surface area contributed by atoms with Crippen molar-refractivity contribution in [1.82, 2.24) is 34.8 Å². The molecule has 0 unspecified atom stereocenters. The molecule has 1 aromatic carbocycles. The van der Waals surface area contributed by atoms with Gasteiger partial charge in [0.15, 0.2) is 0 Å². The fraction of sp³-hybridized carbons (Fsp3) is 0.143. The Labute approximate surface area is 177 Å². The zero-order chi connectivity index (χ0) is 21.6. The molecule has 0 saturated heterocycles. The van der Waals surface area contributed by atoms with Crippen molar-refractivity contribution in [3.05, 3.63) is 84.2 Å². The monoisotopic (exact) mass is 417 g/mol. The lowest BCUT2D eigenvalue weighted by molar-refractivity contribution is 0.0690. The third-order valence-electron chi connectivity index (χ3n) is 4.54. The molecule has 4 aromatic rings. The van der Waals surface area contributed by atoms with Crippen LogP contribution in [0.4, 0.5) is 0 Å². The average Bonchev–Trinajstić information content (AvgIpc) is 3.47. The van der Waals surface area contributed by atoms with Gasteiger partial charge in [0.25, 0.3) is 5.91 Å². The number of amides is 1. The van der Waals surface area contributed by atoms with Gasteiger partial charge in [-0.2, -0.15) is 0 Å². The zero-order valence-electron chi connectivity index (χ0n) is 16.4. The normalized spacial score (nSPS) is 10.7. The lowest BCUT2D eigenvalue weighted by Gasteiger charge is -2.07. The van der Waals surface area contributed by atoms with Gasteiger partial charge in [-0.05, 0) is 29.8 Å². The number of imidazole rings is 1. The molecule has 10 nitrogen and oxygen atoms in total. The van der Waals surface area contributed by atoms with Crippen LogP contribution in [-0.4, -0.2) is 53.1 Å². The molecule has 0 bridgehead atoms. The molecule has 156 valence electrons. The maximum absolute atomic E-state index is 12.3. The SMILES string of the molecule is O=C(NCCn1ccnc1)c1ccc(Cn2cc(-c3cccc(C(=O)O)n3)nn2)cc1. The second kappa shape index (κ2) is 8.99. The Morgan fingerprint density at radius 1 is 1.06 bits per heavy atom. The van der Waals surface area contributed by atoms with Gasteiger partial charge in [0, 0.05) is 31.0 Å². The predicted molar refractivity (Wildman–Crippen MR) is 110 cm³/mol. The van der Waals surface area contributed by atoms with Crippen molar-refractivity contribution in [2.75, 3.05) is 6.54 Å². The van der Waals surface area contributed by atoms with Gasteiger partial charge in [0.1, 0.15) is 11.4 Å². The van der Waals surface area contributed by atoms with Gasteiger partial charge in [-0.25, -0.2) is 19.4 Å². The van der Waals surface area contributed by atoms with Crippen molar-refractivity contribution in [1.29, 1.82) is 0 Å². The van der Waals surface area contributed by atoms with Crippen molar-refractivity contribution in [2.45, 2.75) is 13.1 Å². The summed E-state index contributed by atoms with van der Waals surface area (Å²) in [5.41, 5.74) is 2.39. The second-order valence-electron chi connectivity index (χ2n) is 6.77. The number of hydrogen-bond acceptors (Lipinski definition) is 6. The van der Waals surface area contributed by atoms with E-state index in [9.17, 15) is 9.59 Å². The minimum Gasteiger partial charge on any atom is -0.477 e. The molecule has 0 saturated carbocycles. The molecule has 0 fully saturated rings. The first-order valence-electron chi connectivity index (χ1n) is 9.52. The Morgan fingerprint density at radius 3 is 2.65 bits per heavy atom. The van der Waals surface area contributed by atoms with E-state index in [0.717, 1.165) is 5.56 Å². The van der Waals surface area contributed by atoms with E-state index in [1.807, 2.05) is 22.9 Å². The van der Waals surface area contributed by atoms with Crippen LogP contribution < -0.4 is 5.32 Å². The highest BCUT2D eigenvalue weighted by Gasteiger charge is 2.10. The number of carbonyl (C=O) groups excluding carboxylic acids is 1. The van der Waals surface area contributed by atoms with Gasteiger partial charge < -0.3 is 15.0 Å². The summed E-state index contributed by atoms with van der Waals surface area (Å²) in [4.78, 5) is 31.4. The van der Waals surface area contributed by atoms with Crippen molar-refractivity contribution >= 4 is 11.9 Å². The topological polar surface area (TPSA) is 128 Å². The van der Waals surface area contributed by atoms with Gasteiger partial charge in [-0.3, -0.25) is 4.79 Å². The average molecular weight is 417 g/mol. The molecule has 31 heavy (non-hydrogen) atoms. The molecular weight excluding hydrogens is 398 g/mol. The van der Waals surface area contributed by atoms with Gasteiger partial charge in [0.05, 0.1) is 24.8 Å². The molecule has 1 amide bonds. The first-order valence-corrected chi connectivity index (χ1v) is 9.52. The van der Waals surface area contributed by atoms with Crippen molar-refractivity contribution in [2.24, 2.45) is 0 Å². The predicted octanol–water partition coefficient (Wildman–Crippen LogP) is 1.71. The second-order valence-corrected chi connectivity index (χ2v) is 6.77. The van der Waals surface area contributed by atoms with E-state index in [-0.39, 0.29) is 11.6 Å². The summed E-state index contributed by atoms with van der Waals surface area (Å²) in [5, 5.41) is 20.1. The van der Waals surface area contributed by atoms with Crippen molar-refractivity contribution < 1.29 is 14.7 Å². The van der Waals surface area contributed by atoms with Crippen LogP contribution >= 0.6 is 0 Å². The first-order chi connectivity index (χ1) is 15.1. The smallest absolute Gasteiger partial charge is 0.354 e. The molecular formula is C21H19N7O3.